The predicted octanol–water partition coefficient (Wildman–Crippen LogP) is 2.69. The van der Waals surface area contributed by atoms with Gasteiger partial charge >= 0.3 is 0 Å². The van der Waals surface area contributed by atoms with E-state index in [9.17, 15) is 0 Å². The van der Waals surface area contributed by atoms with E-state index in [2.05, 4.69) is 24.6 Å². The average molecular weight is 235 g/mol. The van der Waals surface area contributed by atoms with Gasteiger partial charge in [0.25, 0.3) is 0 Å². The quantitative estimate of drug-likeness (QED) is 0.770. The first-order chi connectivity index (χ1) is 7.71. The van der Waals surface area contributed by atoms with Gasteiger partial charge in [-0.05, 0) is 30.9 Å². The zero-order valence-corrected chi connectivity index (χ0v) is 10.5. The second-order valence-electron chi connectivity index (χ2n) is 3.62. The van der Waals surface area contributed by atoms with Crippen LogP contribution in [-0.4, -0.2) is 18.1 Å². The van der Waals surface area contributed by atoms with Crippen LogP contribution in [0.4, 0.5) is 11.4 Å². The van der Waals surface area contributed by atoms with E-state index < -0.39 is 0 Å². The third-order valence-electron chi connectivity index (χ3n) is 2.40. The lowest BCUT2D eigenvalue weighted by atomic mass is 10.1. The lowest BCUT2D eigenvalue weighted by Gasteiger charge is -2.18. The summed E-state index contributed by atoms with van der Waals surface area (Å²) < 4.78 is 0. The third kappa shape index (κ3) is 3.35. The van der Waals surface area contributed by atoms with E-state index >= 15 is 0 Å². The minimum Gasteiger partial charge on any atom is -0.397 e. The molecule has 0 spiro atoms. The van der Waals surface area contributed by atoms with Crippen LogP contribution in [0.1, 0.15) is 18.9 Å². The molecule has 0 radical (unpaired) electrons. The Morgan fingerprint density at radius 1 is 1.56 bits per heavy atom. The lowest BCUT2D eigenvalue weighted by Crippen LogP contribution is -2.21. The fourth-order valence-electron chi connectivity index (χ4n) is 1.45. The fraction of sp³-hybridized carbons (Fsp3) is 0.417. The van der Waals surface area contributed by atoms with Gasteiger partial charge in [-0.25, -0.2) is 0 Å². The molecule has 0 aromatic heterocycles. The highest BCUT2D eigenvalue weighted by Gasteiger charge is 2.07. The number of benzene rings is 1. The number of nitrogens with zero attached hydrogens (tertiary/aromatic N) is 1. The molecule has 0 saturated carbocycles. The maximum absolute atomic E-state index is 8.74. The topological polar surface area (TPSA) is 61.8 Å². The van der Waals surface area contributed by atoms with Crippen LogP contribution >= 0.6 is 11.8 Å². The summed E-state index contributed by atoms with van der Waals surface area (Å²) in [4.78, 5) is 0. The zero-order valence-electron chi connectivity index (χ0n) is 9.66. The molecule has 0 amide bonds. The summed E-state index contributed by atoms with van der Waals surface area (Å²) >= 11 is 1.81. The summed E-state index contributed by atoms with van der Waals surface area (Å²) in [7, 11) is 0. The molecule has 1 aromatic rings. The van der Waals surface area contributed by atoms with Gasteiger partial charge in [0.2, 0.25) is 0 Å². The average Bonchev–Trinajstić information content (AvgIpc) is 2.30. The van der Waals surface area contributed by atoms with Crippen LogP contribution in [0.5, 0.6) is 0 Å². The first-order valence-electron chi connectivity index (χ1n) is 5.26. The highest BCUT2D eigenvalue weighted by molar-refractivity contribution is 7.98. The molecule has 4 heteroatoms. The normalized spacial score (nSPS) is 11.8. The molecular weight excluding hydrogens is 218 g/mol. The molecule has 0 heterocycles. The maximum Gasteiger partial charge on any atom is 0.0992 e. The summed E-state index contributed by atoms with van der Waals surface area (Å²) in [5, 5.41) is 12.1. The summed E-state index contributed by atoms with van der Waals surface area (Å²) in [6.45, 7) is 2.15. The van der Waals surface area contributed by atoms with Gasteiger partial charge in [0.05, 0.1) is 23.0 Å². The van der Waals surface area contributed by atoms with Crippen LogP contribution in [0.3, 0.4) is 0 Å². The summed E-state index contributed by atoms with van der Waals surface area (Å²) in [6.07, 6.45) is 3.15. The summed E-state index contributed by atoms with van der Waals surface area (Å²) in [6, 6.07) is 7.85. The number of nitriles is 1. The number of nitrogen functional groups attached to an aromatic ring is 1. The number of anilines is 2. The number of hydrogen-bond donors (Lipinski definition) is 2. The Morgan fingerprint density at radius 2 is 2.31 bits per heavy atom. The van der Waals surface area contributed by atoms with Crippen LogP contribution < -0.4 is 11.1 Å². The molecule has 0 aliphatic rings. The molecule has 0 aliphatic heterocycles. The van der Waals surface area contributed by atoms with Crippen LogP contribution in [-0.2, 0) is 0 Å². The zero-order chi connectivity index (χ0) is 12.0. The summed E-state index contributed by atoms with van der Waals surface area (Å²) in [5.41, 5.74) is 8.03. The van der Waals surface area contributed by atoms with Crippen molar-refractivity contribution in [3.8, 4) is 6.07 Å². The Hall–Kier alpha value is -1.34. The molecular formula is C12H17N3S. The number of hydrogen-bond acceptors (Lipinski definition) is 4. The third-order valence-corrected chi connectivity index (χ3v) is 3.14. The largest absolute Gasteiger partial charge is 0.397 e. The second-order valence-corrected chi connectivity index (χ2v) is 4.53. The van der Waals surface area contributed by atoms with Crippen molar-refractivity contribution in [2.24, 2.45) is 0 Å². The molecule has 3 N–H and O–H groups in total. The maximum atomic E-state index is 8.74. The van der Waals surface area contributed by atoms with E-state index in [0.717, 1.165) is 17.9 Å². The Kier molecular flexibility index (Phi) is 5.00. The minimum absolute atomic E-state index is 0.422. The van der Waals surface area contributed by atoms with Crippen molar-refractivity contribution in [3.05, 3.63) is 23.8 Å². The number of nitrogens with two attached hydrogens (primary N) is 1. The van der Waals surface area contributed by atoms with Crippen molar-refractivity contribution in [1.82, 2.24) is 0 Å². The standard InChI is InChI=1S/C12H17N3S/c1-3-10(8-16-2)15-12-5-4-9(7-13)6-11(12)14/h4-6,10,15H,3,8,14H2,1-2H3. The van der Waals surface area contributed by atoms with E-state index in [0.29, 0.717) is 17.3 Å². The Balaban J connectivity index is 2.77. The van der Waals surface area contributed by atoms with E-state index in [1.807, 2.05) is 17.8 Å². The number of thioether (sulfide) groups is 1. The molecule has 0 bridgehead atoms. The van der Waals surface area contributed by atoms with Crippen LogP contribution in [0.25, 0.3) is 0 Å². The molecule has 1 atom stereocenters. The highest BCUT2D eigenvalue weighted by Crippen LogP contribution is 2.21. The van der Waals surface area contributed by atoms with Crippen LogP contribution in [0.2, 0.25) is 0 Å². The molecule has 1 rings (SSSR count). The van der Waals surface area contributed by atoms with Gasteiger partial charge in [-0.15, -0.1) is 0 Å². The van der Waals surface area contributed by atoms with E-state index in [-0.39, 0.29) is 0 Å². The predicted molar refractivity (Wildman–Crippen MR) is 71.7 cm³/mol. The van der Waals surface area contributed by atoms with Crippen molar-refractivity contribution >= 4 is 23.1 Å². The second kappa shape index (κ2) is 6.29. The van der Waals surface area contributed by atoms with Gasteiger partial charge in [-0.1, -0.05) is 6.92 Å². The molecule has 86 valence electrons. The van der Waals surface area contributed by atoms with E-state index in [4.69, 9.17) is 11.0 Å². The Labute approximate surface area is 101 Å². The van der Waals surface area contributed by atoms with Gasteiger partial charge < -0.3 is 11.1 Å². The first kappa shape index (κ1) is 12.7. The van der Waals surface area contributed by atoms with Gasteiger partial charge in [0.15, 0.2) is 0 Å². The molecule has 16 heavy (non-hydrogen) atoms. The Morgan fingerprint density at radius 3 is 2.81 bits per heavy atom. The van der Waals surface area contributed by atoms with Crippen LogP contribution in [0, 0.1) is 11.3 Å². The minimum atomic E-state index is 0.422. The number of rotatable bonds is 5. The van der Waals surface area contributed by atoms with E-state index in [1.54, 1.807) is 12.1 Å². The molecule has 0 saturated heterocycles. The first-order valence-corrected chi connectivity index (χ1v) is 6.65. The Bertz CT molecular complexity index is 384. The SMILES string of the molecule is CCC(CSC)Nc1ccc(C#N)cc1N. The van der Waals surface area contributed by atoms with Crippen molar-refractivity contribution in [3.63, 3.8) is 0 Å². The van der Waals surface area contributed by atoms with Crippen molar-refractivity contribution in [2.45, 2.75) is 19.4 Å². The highest BCUT2D eigenvalue weighted by atomic mass is 32.2. The van der Waals surface area contributed by atoms with Gasteiger partial charge in [-0.3, -0.25) is 0 Å². The number of nitrogens with one attached hydrogen (secondary N) is 1. The van der Waals surface area contributed by atoms with Gasteiger partial charge in [0, 0.05) is 11.8 Å². The van der Waals surface area contributed by atoms with Gasteiger partial charge in [0.1, 0.15) is 0 Å². The van der Waals surface area contributed by atoms with Crippen molar-refractivity contribution in [1.29, 1.82) is 5.26 Å². The van der Waals surface area contributed by atoms with Gasteiger partial charge in [-0.2, -0.15) is 17.0 Å². The summed E-state index contributed by atoms with van der Waals surface area (Å²) in [5.74, 6) is 1.05. The lowest BCUT2D eigenvalue weighted by molar-refractivity contribution is 0.775. The molecule has 0 aliphatic carbocycles. The molecule has 1 unspecified atom stereocenters. The van der Waals surface area contributed by atoms with E-state index in [1.165, 1.54) is 0 Å². The van der Waals surface area contributed by atoms with Crippen LogP contribution in [0.15, 0.2) is 18.2 Å². The fourth-order valence-corrected chi connectivity index (χ4v) is 2.17. The van der Waals surface area contributed by atoms with Crippen molar-refractivity contribution in [2.75, 3.05) is 23.1 Å². The monoisotopic (exact) mass is 235 g/mol. The molecule has 3 nitrogen and oxygen atoms in total. The smallest absolute Gasteiger partial charge is 0.0992 e. The van der Waals surface area contributed by atoms with Crippen molar-refractivity contribution < 1.29 is 0 Å². The molecule has 0 fully saturated rings. The molecule has 1 aromatic carbocycles.